The molecule has 2 bridgehead atoms. The molecule has 5 rings (SSSR count). The van der Waals surface area contributed by atoms with Gasteiger partial charge in [0, 0.05) is 29.8 Å². The number of ether oxygens (including phenoxy) is 2. The van der Waals surface area contributed by atoms with Crippen LogP contribution in [0, 0.1) is 5.92 Å². The second-order valence-electron chi connectivity index (χ2n) is 9.67. The van der Waals surface area contributed by atoms with E-state index in [1.165, 1.54) is 12.0 Å². The van der Waals surface area contributed by atoms with Crippen LogP contribution in [0.1, 0.15) is 27.2 Å². The fourth-order valence-electron chi connectivity index (χ4n) is 4.65. The van der Waals surface area contributed by atoms with Gasteiger partial charge in [0.1, 0.15) is 29.0 Å². The Labute approximate surface area is 197 Å². The first kappa shape index (κ1) is 22.0. The van der Waals surface area contributed by atoms with Gasteiger partial charge in [0.2, 0.25) is 0 Å². The van der Waals surface area contributed by atoms with Crippen molar-refractivity contribution in [2.45, 2.75) is 38.8 Å². The van der Waals surface area contributed by atoms with Gasteiger partial charge in [-0.3, -0.25) is 5.32 Å². The summed E-state index contributed by atoms with van der Waals surface area (Å²) in [4.78, 5) is 18.7. The van der Waals surface area contributed by atoms with Crippen molar-refractivity contribution < 1.29 is 14.3 Å². The van der Waals surface area contributed by atoms with Gasteiger partial charge in [0.25, 0.3) is 0 Å². The molecule has 178 valence electrons. The highest BCUT2D eigenvalue weighted by atomic mass is 16.6. The number of carbonyl (C=O) groups is 1. The SMILES string of the molecule is COc1cc(-c2cc(N3CC4CC3=CC4N)n3ncnc(N)c23)ccc1NC(=O)OC(C)(C)C. The Morgan fingerprint density at radius 3 is 2.71 bits per heavy atom. The van der Waals surface area contributed by atoms with Crippen LogP contribution in [-0.4, -0.2) is 46.0 Å². The van der Waals surface area contributed by atoms with Crippen molar-refractivity contribution in [3.63, 3.8) is 0 Å². The van der Waals surface area contributed by atoms with Crippen molar-refractivity contribution >= 4 is 28.9 Å². The summed E-state index contributed by atoms with van der Waals surface area (Å²) in [6.45, 7) is 6.27. The predicted octanol–water partition coefficient (Wildman–Crippen LogP) is 3.39. The first-order chi connectivity index (χ1) is 16.1. The first-order valence-corrected chi connectivity index (χ1v) is 11.2. The highest BCUT2D eigenvalue weighted by molar-refractivity contribution is 5.93. The number of allylic oxidation sites excluding steroid dienone is 1. The number of carbonyl (C=O) groups excluding carboxylic acids is 1. The van der Waals surface area contributed by atoms with Crippen LogP contribution in [0.25, 0.3) is 16.6 Å². The molecule has 1 fully saturated rings. The minimum absolute atomic E-state index is 0.103. The lowest BCUT2D eigenvalue weighted by Gasteiger charge is -2.24. The number of fused-ring (bicyclic) bond motifs is 3. The van der Waals surface area contributed by atoms with E-state index in [4.69, 9.17) is 20.9 Å². The molecule has 10 heteroatoms. The zero-order chi connectivity index (χ0) is 24.2. The standard InChI is InChI=1S/C24H29N7O3/c1-24(2,3)34-23(32)29-18-6-5-13(8-19(18)33-4)16-10-20(31-21(16)22(26)27-12-28-31)30-11-14-7-15(30)9-17(14)25/h5-6,8-10,12,14,17H,7,11,25H2,1-4H3,(H,29,32)(H2,26,27,28). The number of nitrogen functional groups attached to an aromatic ring is 1. The summed E-state index contributed by atoms with van der Waals surface area (Å²) in [6.07, 6.45) is 3.99. The number of nitrogens with two attached hydrogens (primary N) is 2. The van der Waals surface area contributed by atoms with Crippen molar-refractivity contribution in [2.75, 3.05) is 29.6 Å². The second kappa shape index (κ2) is 7.91. The molecule has 1 aliphatic carbocycles. The van der Waals surface area contributed by atoms with Crippen LogP contribution in [0.2, 0.25) is 0 Å². The molecule has 0 radical (unpaired) electrons. The Balaban J connectivity index is 1.55. The molecule has 3 aromatic rings. The summed E-state index contributed by atoms with van der Waals surface area (Å²) >= 11 is 0. The molecule has 2 aromatic heterocycles. The van der Waals surface area contributed by atoms with Gasteiger partial charge in [0.15, 0.2) is 5.82 Å². The van der Waals surface area contributed by atoms with Crippen LogP contribution >= 0.6 is 0 Å². The van der Waals surface area contributed by atoms with Crippen LogP contribution < -0.4 is 26.4 Å². The van der Waals surface area contributed by atoms with E-state index in [1.54, 1.807) is 13.2 Å². The van der Waals surface area contributed by atoms with Gasteiger partial charge in [-0.15, -0.1) is 0 Å². The molecule has 0 spiro atoms. The largest absolute Gasteiger partial charge is 0.495 e. The summed E-state index contributed by atoms with van der Waals surface area (Å²) in [5, 5.41) is 7.24. The lowest BCUT2D eigenvalue weighted by molar-refractivity contribution is 0.0635. The Bertz CT molecular complexity index is 1310. The first-order valence-electron chi connectivity index (χ1n) is 11.2. The van der Waals surface area contributed by atoms with E-state index >= 15 is 0 Å². The summed E-state index contributed by atoms with van der Waals surface area (Å²) in [6, 6.07) is 7.69. The number of rotatable bonds is 4. The average molecular weight is 464 g/mol. The summed E-state index contributed by atoms with van der Waals surface area (Å²) in [5.41, 5.74) is 16.0. The van der Waals surface area contributed by atoms with Crippen molar-refractivity contribution in [1.29, 1.82) is 0 Å². The van der Waals surface area contributed by atoms with Crippen LogP contribution in [0.5, 0.6) is 5.75 Å². The van der Waals surface area contributed by atoms with Crippen LogP contribution in [0.3, 0.4) is 0 Å². The van der Waals surface area contributed by atoms with E-state index in [-0.39, 0.29) is 6.04 Å². The molecule has 3 heterocycles. The molecule has 2 atom stereocenters. The number of aromatic nitrogens is 3. The van der Waals surface area contributed by atoms with Crippen molar-refractivity contribution in [3.05, 3.63) is 42.4 Å². The molecule has 5 N–H and O–H groups in total. The number of anilines is 3. The second-order valence-corrected chi connectivity index (χ2v) is 9.67. The van der Waals surface area contributed by atoms with Crippen molar-refractivity contribution in [3.8, 4) is 16.9 Å². The molecule has 1 amide bonds. The molecule has 10 nitrogen and oxygen atoms in total. The smallest absolute Gasteiger partial charge is 0.412 e. The quantitative estimate of drug-likeness (QED) is 0.536. The van der Waals surface area contributed by atoms with E-state index in [0.717, 1.165) is 29.9 Å². The topological polar surface area (TPSA) is 133 Å². The summed E-state index contributed by atoms with van der Waals surface area (Å²) < 4.78 is 12.7. The van der Waals surface area contributed by atoms with Gasteiger partial charge in [0.05, 0.1) is 12.8 Å². The average Bonchev–Trinajstić information content (AvgIpc) is 3.45. The monoisotopic (exact) mass is 463 g/mol. The Hall–Kier alpha value is -3.79. The molecule has 1 aromatic carbocycles. The molecule has 2 aliphatic rings. The van der Waals surface area contributed by atoms with Crippen molar-refractivity contribution in [1.82, 2.24) is 14.6 Å². The fourth-order valence-corrected chi connectivity index (χ4v) is 4.65. The van der Waals surface area contributed by atoms with Crippen LogP contribution in [-0.2, 0) is 4.74 Å². The third-order valence-electron chi connectivity index (χ3n) is 6.15. The number of nitrogens with zero attached hydrogens (tertiary/aromatic N) is 4. The number of amides is 1. The van der Waals surface area contributed by atoms with Gasteiger partial charge >= 0.3 is 6.09 Å². The van der Waals surface area contributed by atoms with E-state index in [1.807, 2.05) is 37.4 Å². The Morgan fingerprint density at radius 1 is 1.26 bits per heavy atom. The lowest BCUT2D eigenvalue weighted by Crippen LogP contribution is -2.34. The van der Waals surface area contributed by atoms with E-state index in [2.05, 4.69) is 32.4 Å². The maximum Gasteiger partial charge on any atom is 0.412 e. The minimum Gasteiger partial charge on any atom is -0.495 e. The minimum atomic E-state index is -0.606. The number of hydrogen-bond donors (Lipinski definition) is 3. The Kier molecular flexibility index (Phi) is 5.12. The Morgan fingerprint density at radius 2 is 2.06 bits per heavy atom. The number of hydrogen-bond acceptors (Lipinski definition) is 8. The predicted molar refractivity (Wildman–Crippen MR) is 131 cm³/mol. The fraction of sp³-hybridized carbons (Fsp3) is 0.375. The molecular weight excluding hydrogens is 434 g/mol. The highest BCUT2D eigenvalue weighted by Crippen LogP contribution is 2.43. The summed E-state index contributed by atoms with van der Waals surface area (Å²) in [5.74, 6) is 2.19. The maximum atomic E-state index is 12.3. The molecule has 1 aliphatic heterocycles. The van der Waals surface area contributed by atoms with Crippen molar-refractivity contribution in [2.24, 2.45) is 11.7 Å². The van der Waals surface area contributed by atoms with Gasteiger partial charge in [-0.25, -0.2) is 14.3 Å². The number of nitrogens with one attached hydrogen (secondary N) is 1. The highest BCUT2D eigenvalue weighted by Gasteiger charge is 2.38. The molecule has 1 saturated heterocycles. The summed E-state index contributed by atoms with van der Waals surface area (Å²) in [7, 11) is 1.55. The zero-order valence-electron chi connectivity index (χ0n) is 19.7. The molecule has 0 saturated carbocycles. The maximum absolute atomic E-state index is 12.3. The lowest BCUT2D eigenvalue weighted by atomic mass is 10.0. The normalized spacial score (nSPS) is 19.4. The molecule has 2 unspecified atom stereocenters. The van der Waals surface area contributed by atoms with Crippen LogP contribution in [0.15, 0.2) is 42.4 Å². The molecule has 34 heavy (non-hydrogen) atoms. The van der Waals surface area contributed by atoms with E-state index < -0.39 is 11.7 Å². The number of methoxy groups -OCH3 is 1. The van der Waals surface area contributed by atoms with E-state index in [0.29, 0.717) is 28.7 Å². The zero-order valence-corrected chi connectivity index (χ0v) is 19.7. The van der Waals surface area contributed by atoms with Gasteiger partial charge in [-0.1, -0.05) is 6.07 Å². The van der Waals surface area contributed by atoms with E-state index in [9.17, 15) is 4.79 Å². The number of benzene rings is 1. The van der Waals surface area contributed by atoms with Gasteiger partial charge in [-0.2, -0.15) is 5.10 Å². The molecular formula is C24H29N7O3. The van der Waals surface area contributed by atoms with Gasteiger partial charge in [-0.05, 0) is 57.0 Å². The van der Waals surface area contributed by atoms with Gasteiger partial charge < -0.3 is 25.8 Å². The third-order valence-corrected chi connectivity index (χ3v) is 6.15. The van der Waals surface area contributed by atoms with Crippen LogP contribution in [0.4, 0.5) is 22.1 Å². The third kappa shape index (κ3) is 3.79.